The first-order valence-electron chi connectivity index (χ1n) is 4.66. The number of ether oxygens (including phenoxy) is 1. The molecule has 0 rings (SSSR count). The van der Waals surface area contributed by atoms with Crippen molar-refractivity contribution in [2.75, 3.05) is 6.61 Å². The van der Waals surface area contributed by atoms with Crippen molar-refractivity contribution in [3.05, 3.63) is 16.7 Å². The van der Waals surface area contributed by atoms with E-state index in [4.69, 9.17) is 10.3 Å². The Morgan fingerprint density at radius 2 is 2.07 bits per heavy atom. The molecular weight excluding hydrogens is 196 g/mol. The Bertz CT molecular complexity index is 339. The second-order valence-electron chi connectivity index (χ2n) is 2.78. The molecule has 0 aliphatic rings. The van der Waals surface area contributed by atoms with Crippen LogP contribution in [0.2, 0.25) is 0 Å². The third-order valence-corrected chi connectivity index (χ3v) is 1.93. The third kappa shape index (κ3) is 3.48. The monoisotopic (exact) mass is 210 g/mol. The fourth-order valence-electron chi connectivity index (χ4n) is 1.12. The molecule has 0 bridgehead atoms. The van der Waals surface area contributed by atoms with Crippen LogP contribution in [0.5, 0.6) is 0 Å². The molecule has 0 radical (unpaired) electrons. The molecule has 0 aromatic heterocycles. The van der Waals surface area contributed by atoms with Crippen LogP contribution in [0.1, 0.15) is 27.2 Å². The summed E-state index contributed by atoms with van der Waals surface area (Å²) in [6.45, 7) is 5.26. The van der Waals surface area contributed by atoms with Gasteiger partial charge in [-0.15, -0.1) is 0 Å². The summed E-state index contributed by atoms with van der Waals surface area (Å²) in [4.78, 5) is 24.7. The van der Waals surface area contributed by atoms with Gasteiger partial charge in [0.05, 0.1) is 12.2 Å². The molecule has 0 spiro atoms. The van der Waals surface area contributed by atoms with Crippen molar-refractivity contribution in [3.63, 3.8) is 0 Å². The normalized spacial score (nSPS) is 11.1. The number of hydrogen-bond donors (Lipinski definition) is 0. The lowest BCUT2D eigenvalue weighted by atomic mass is 10.0. The zero-order valence-corrected chi connectivity index (χ0v) is 9.11. The molecule has 0 unspecified atom stereocenters. The molecule has 0 fully saturated rings. The van der Waals surface area contributed by atoms with E-state index in [0.717, 1.165) is 0 Å². The second kappa shape index (κ2) is 6.68. The van der Waals surface area contributed by atoms with Crippen molar-refractivity contribution in [2.24, 2.45) is 0 Å². The van der Waals surface area contributed by atoms with Gasteiger partial charge in [0.1, 0.15) is 0 Å². The Balaban J connectivity index is 5.22. The van der Waals surface area contributed by atoms with E-state index in [1.54, 1.807) is 20.8 Å². The molecule has 0 aromatic rings. The van der Waals surface area contributed by atoms with Crippen LogP contribution in [0.25, 0.3) is 5.53 Å². The van der Waals surface area contributed by atoms with Crippen molar-refractivity contribution in [3.8, 4) is 0 Å². The molecule has 15 heavy (non-hydrogen) atoms. The van der Waals surface area contributed by atoms with E-state index in [9.17, 15) is 9.59 Å². The van der Waals surface area contributed by atoms with E-state index in [-0.39, 0.29) is 12.3 Å². The molecule has 5 heteroatoms. The Labute approximate surface area is 88.4 Å². The van der Waals surface area contributed by atoms with Crippen molar-refractivity contribution >= 4 is 18.0 Å². The Morgan fingerprint density at radius 3 is 2.40 bits per heavy atom. The summed E-state index contributed by atoms with van der Waals surface area (Å²) in [6, 6.07) is 0. The van der Waals surface area contributed by atoms with Crippen LogP contribution in [0.4, 0.5) is 0 Å². The number of allylic oxidation sites excluding steroid dienone is 1. The van der Waals surface area contributed by atoms with E-state index in [1.165, 1.54) is 0 Å². The Kier molecular flexibility index (Phi) is 5.90. The van der Waals surface area contributed by atoms with Crippen molar-refractivity contribution in [1.29, 1.82) is 0 Å². The molecule has 0 amide bonds. The van der Waals surface area contributed by atoms with Crippen LogP contribution in [-0.4, -0.2) is 29.4 Å². The highest BCUT2D eigenvalue weighted by molar-refractivity contribution is 6.34. The standard InChI is InChI=1S/C10H14N2O3/c1-4-8(10(14)15-5-2)7(3)9(6-13)12-11/h6H,4-5H2,1-3H3. The topological polar surface area (TPSA) is 79.8 Å². The molecule has 0 aliphatic heterocycles. The summed E-state index contributed by atoms with van der Waals surface area (Å²) in [5.41, 5.74) is 9.06. The highest BCUT2D eigenvalue weighted by atomic mass is 16.5. The first-order valence-corrected chi connectivity index (χ1v) is 4.66. The minimum absolute atomic E-state index is 0.153. The number of aldehydes is 1. The molecule has 5 nitrogen and oxygen atoms in total. The lowest BCUT2D eigenvalue weighted by molar-refractivity contribution is -0.138. The molecule has 0 saturated carbocycles. The average molecular weight is 210 g/mol. The molecular formula is C10H14N2O3. The van der Waals surface area contributed by atoms with Gasteiger partial charge in [-0.05, 0) is 20.3 Å². The summed E-state index contributed by atoms with van der Waals surface area (Å²) in [5.74, 6) is -0.486. The highest BCUT2D eigenvalue weighted by Gasteiger charge is 2.19. The van der Waals surface area contributed by atoms with E-state index in [0.29, 0.717) is 23.9 Å². The van der Waals surface area contributed by atoms with Crippen molar-refractivity contribution in [2.45, 2.75) is 27.2 Å². The molecule has 0 aromatic carbocycles. The first-order chi connectivity index (χ1) is 7.12. The maximum Gasteiger partial charge on any atom is 0.358 e. The van der Waals surface area contributed by atoms with Crippen LogP contribution >= 0.6 is 0 Å². The first kappa shape index (κ1) is 13.3. The van der Waals surface area contributed by atoms with Crippen LogP contribution in [0, 0.1) is 0 Å². The number of nitrogens with zero attached hydrogens (tertiary/aromatic N) is 2. The lowest BCUT2D eigenvalue weighted by Crippen LogP contribution is -2.14. The van der Waals surface area contributed by atoms with Gasteiger partial charge in [0.15, 0.2) is 0 Å². The Morgan fingerprint density at radius 1 is 1.47 bits per heavy atom. The quantitative estimate of drug-likeness (QED) is 0.170. The molecule has 0 saturated heterocycles. The fourth-order valence-corrected chi connectivity index (χ4v) is 1.12. The maximum absolute atomic E-state index is 11.4. The van der Waals surface area contributed by atoms with Gasteiger partial charge in [0, 0.05) is 5.57 Å². The number of carbonyl (C=O) groups is 2. The van der Waals surface area contributed by atoms with Gasteiger partial charge < -0.3 is 10.3 Å². The zero-order chi connectivity index (χ0) is 11.8. The predicted octanol–water partition coefficient (Wildman–Crippen LogP) is 1.15. The van der Waals surface area contributed by atoms with Crippen LogP contribution in [0.3, 0.4) is 0 Å². The number of rotatable bonds is 5. The van der Waals surface area contributed by atoms with Gasteiger partial charge in [0.25, 0.3) is 0 Å². The molecule has 0 N–H and O–H groups in total. The van der Waals surface area contributed by atoms with Crippen LogP contribution in [-0.2, 0) is 14.3 Å². The fraction of sp³-hybridized carbons (Fsp3) is 0.500. The Hall–Kier alpha value is -1.74. The van der Waals surface area contributed by atoms with Gasteiger partial charge in [-0.25, -0.2) is 4.79 Å². The van der Waals surface area contributed by atoms with Crippen LogP contribution < -0.4 is 0 Å². The summed E-state index contributed by atoms with van der Waals surface area (Å²) < 4.78 is 4.81. The minimum atomic E-state index is -0.486. The lowest BCUT2D eigenvalue weighted by Gasteiger charge is -2.05. The smallest absolute Gasteiger partial charge is 0.358 e. The third-order valence-electron chi connectivity index (χ3n) is 1.93. The molecule has 0 atom stereocenters. The van der Waals surface area contributed by atoms with Gasteiger partial charge in [0.2, 0.25) is 6.29 Å². The summed E-state index contributed by atoms with van der Waals surface area (Å²) in [7, 11) is 0. The number of esters is 1. The van der Waals surface area contributed by atoms with Crippen molar-refractivity contribution in [1.82, 2.24) is 0 Å². The summed E-state index contributed by atoms with van der Waals surface area (Å²) >= 11 is 0. The van der Waals surface area contributed by atoms with E-state index in [1.807, 2.05) is 0 Å². The maximum atomic E-state index is 11.4. The van der Waals surface area contributed by atoms with Gasteiger partial charge in [-0.3, -0.25) is 4.79 Å². The van der Waals surface area contributed by atoms with E-state index < -0.39 is 5.97 Å². The van der Waals surface area contributed by atoms with Crippen molar-refractivity contribution < 1.29 is 19.1 Å². The average Bonchev–Trinajstić information content (AvgIpc) is 2.21. The van der Waals surface area contributed by atoms with Crippen LogP contribution in [0.15, 0.2) is 11.1 Å². The summed E-state index contributed by atoms with van der Waals surface area (Å²) in [5, 5.41) is 0. The van der Waals surface area contributed by atoms with Gasteiger partial charge in [-0.1, -0.05) is 6.92 Å². The SMILES string of the molecule is CCOC(=O)C(CC)=C(C)C(C=O)=[N+]=[N-]. The van der Waals surface area contributed by atoms with Gasteiger partial charge >= 0.3 is 11.7 Å². The number of carbonyl (C=O) groups excluding carboxylic acids is 2. The predicted molar refractivity (Wildman–Crippen MR) is 54.3 cm³/mol. The largest absolute Gasteiger partial charge is 0.463 e. The highest BCUT2D eigenvalue weighted by Crippen LogP contribution is 2.11. The number of hydrogen-bond acceptors (Lipinski definition) is 3. The second-order valence-corrected chi connectivity index (χ2v) is 2.78. The molecule has 0 aliphatic carbocycles. The minimum Gasteiger partial charge on any atom is -0.463 e. The summed E-state index contributed by atoms with van der Waals surface area (Å²) in [6.07, 6.45) is 0.807. The zero-order valence-electron chi connectivity index (χ0n) is 9.11. The van der Waals surface area contributed by atoms with E-state index in [2.05, 4.69) is 4.79 Å². The molecule has 82 valence electrons. The molecule has 0 heterocycles. The van der Waals surface area contributed by atoms with E-state index >= 15 is 0 Å². The van der Waals surface area contributed by atoms with Gasteiger partial charge in [-0.2, -0.15) is 4.79 Å².